The van der Waals surface area contributed by atoms with E-state index < -0.39 is 23.4 Å². The largest absolute Gasteiger partial charge is 0.452 e. The summed E-state index contributed by atoms with van der Waals surface area (Å²) in [4.78, 5) is 47.2. The van der Waals surface area contributed by atoms with E-state index in [0.717, 1.165) is 0 Å². The molecular formula is C20H15N3O6S. The number of esters is 1. The summed E-state index contributed by atoms with van der Waals surface area (Å²) >= 11 is 1.26. The number of nitro benzene ring substituents is 1. The molecule has 0 spiro atoms. The molecule has 0 aliphatic rings. The van der Waals surface area contributed by atoms with Crippen LogP contribution in [-0.2, 0) is 9.53 Å². The van der Waals surface area contributed by atoms with Gasteiger partial charge in [-0.3, -0.25) is 19.7 Å². The van der Waals surface area contributed by atoms with Gasteiger partial charge in [0.2, 0.25) is 0 Å². The molecule has 0 aliphatic heterocycles. The molecule has 0 fully saturated rings. The lowest BCUT2D eigenvalue weighted by Crippen LogP contribution is -2.22. The minimum Gasteiger partial charge on any atom is -0.452 e. The molecule has 1 aromatic heterocycles. The Balaban J connectivity index is 1.58. The van der Waals surface area contributed by atoms with Crippen LogP contribution in [0.3, 0.4) is 0 Å². The van der Waals surface area contributed by atoms with Crippen LogP contribution >= 0.6 is 11.3 Å². The number of anilines is 2. The Morgan fingerprint density at radius 1 is 0.967 bits per heavy atom. The van der Waals surface area contributed by atoms with E-state index >= 15 is 0 Å². The van der Waals surface area contributed by atoms with Gasteiger partial charge in [-0.25, -0.2) is 4.79 Å². The molecule has 0 atom stereocenters. The van der Waals surface area contributed by atoms with Crippen LogP contribution in [0.4, 0.5) is 17.1 Å². The summed E-state index contributed by atoms with van der Waals surface area (Å²) in [5.41, 5.74) is 0.577. The Hall–Kier alpha value is -4.05. The number of hydrogen-bond acceptors (Lipinski definition) is 7. The predicted octanol–water partition coefficient (Wildman–Crippen LogP) is 3.70. The smallest absolute Gasteiger partial charge is 0.340 e. The van der Waals surface area contributed by atoms with Crippen molar-refractivity contribution in [2.75, 3.05) is 17.2 Å². The summed E-state index contributed by atoms with van der Waals surface area (Å²) in [6.07, 6.45) is 0. The summed E-state index contributed by atoms with van der Waals surface area (Å²) < 4.78 is 5.03. The summed E-state index contributed by atoms with van der Waals surface area (Å²) in [6.45, 7) is -0.566. The van der Waals surface area contributed by atoms with Crippen LogP contribution in [0.25, 0.3) is 0 Å². The Morgan fingerprint density at radius 2 is 1.70 bits per heavy atom. The average molecular weight is 425 g/mol. The third kappa shape index (κ3) is 5.26. The maximum atomic E-state index is 12.4. The van der Waals surface area contributed by atoms with Crippen molar-refractivity contribution in [2.45, 2.75) is 0 Å². The van der Waals surface area contributed by atoms with Crippen LogP contribution in [0, 0.1) is 10.1 Å². The van der Waals surface area contributed by atoms with Crippen LogP contribution in [0.1, 0.15) is 20.0 Å². The number of carbonyl (C=O) groups is 3. The molecule has 1 heterocycles. The first kappa shape index (κ1) is 20.7. The molecule has 0 aliphatic carbocycles. The van der Waals surface area contributed by atoms with Gasteiger partial charge in [-0.15, -0.1) is 11.3 Å². The predicted molar refractivity (Wildman–Crippen MR) is 111 cm³/mol. The Labute approximate surface area is 174 Å². The number of nitrogens with zero attached hydrogens (tertiary/aromatic N) is 1. The highest BCUT2D eigenvalue weighted by molar-refractivity contribution is 7.12. The second kappa shape index (κ2) is 9.43. The second-order valence-electron chi connectivity index (χ2n) is 5.91. The Kier molecular flexibility index (Phi) is 6.50. The molecule has 0 radical (unpaired) electrons. The molecular weight excluding hydrogens is 410 g/mol. The summed E-state index contributed by atoms with van der Waals surface area (Å²) in [5, 5.41) is 17.5. The van der Waals surface area contributed by atoms with Crippen LogP contribution in [0.15, 0.2) is 66.0 Å². The normalized spacial score (nSPS) is 10.1. The molecule has 2 aromatic carbocycles. The number of amides is 2. The number of rotatable bonds is 7. The van der Waals surface area contributed by atoms with E-state index in [9.17, 15) is 24.5 Å². The lowest BCUT2D eigenvalue weighted by molar-refractivity contribution is -0.384. The van der Waals surface area contributed by atoms with Crippen molar-refractivity contribution in [3.05, 3.63) is 86.6 Å². The van der Waals surface area contributed by atoms with Crippen molar-refractivity contribution in [1.29, 1.82) is 0 Å². The summed E-state index contributed by atoms with van der Waals surface area (Å²) in [6, 6.07) is 14.9. The topological polar surface area (TPSA) is 128 Å². The van der Waals surface area contributed by atoms with E-state index in [-0.39, 0.29) is 22.8 Å². The maximum Gasteiger partial charge on any atom is 0.340 e. The highest BCUT2D eigenvalue weighted by Crippen LogP contribution is 2.19. The van der Waals surface area contributed by atoms with E-state index in [0.29, 0.717) is 10.6 Å². The zero-order chi connectivity index (χ0) is 21.5. The third-order valence-electron chi connectivity index (χ3n) is 3.84. The fourth-order valence-electron chi connectivity index (χ4n) is 2.43. The molecule has 0 bridgehead atoms. The maximum absolute atomic E-state index is 12.4. The highest BCUT2D eigenvalue weighted by Gasteiger charge is 2.17. The minimum atomic E-state index is -0.782. The number of ether oxygens (including phenoxy) is 1. The van der Waals surface area contributed by atoms with Gasteiger partial charge in [0.15, 0.2) is 6.61 Å². The molecule has 0 saturated carbocycles. The van der Waals surface area contributed by atoms with E-state index in [2.05, 4.69) is 10.6 Å². The molecule has 10 heteroatoms. The van der Waals surface area contributed by atoms with E-state index in [1.807, 2.05) is 0 Å². The SMILES string of the molecule is O=C(COC(=O)c1ccccc1NC(=O)c1cccs1)Nc1ccc([N+](=O)[O-])cc1. The molecule has 3 aromatic rings. The number of non-ortho nitro benzene ring substituents is 1. The highest BCUT2D eigenvalue weighted by atomic mass is 32.1. The van der Waals surface area contributed by atoms with Crippen LogP contribution < -0.4 is 10.6 Å². The Bertz CT molecular complexity index is 1080. The monoisotopic (exact) mass is 425 g/mol. The number of carbonyl (C=O) groups excluding carboxylic acids is 3. The fourth-order valence-corrected chi connectivity index (χ4v) is 3.05. The van der Waals surface area contributed by atoms with E-state index in [1.54, 1.807) is 35.7 Å². The average Bonchev–Trinajstić information content (AvgIpc) is 3.28. The standard InChI is InChI=1S/C20H15N3O6S/c24-18(21-13-7-9-14(10-8-13)23(27)28)12-29-20(26)15-4-1-2-5-16(15)22-19(25)17-6-3-11-30-17/h1-11H,12H2,(H,21,24)(H,22,25). The van der Waals surface area contributed by atoms with Crippen molar-refractivity contribution in [3.63, 3.8) is 0 Å². The van der Waals surface area contributed by atoms with Gasteiger partial charge in [0.25, 0.3) is 17.5 Å². The van der Waals surface area contributed by atoms with Gasteiger partial charge in [-0.2, -0.15) is 0 Å². The van der Waals surface area contributed by atoms with Crippen molar-refractivity contribution in [1.82, 2.24) is 0 Å². The number of benzene rings is 2. The number of nitrogens with one attached hydrogen (secondary N) is 2. The molecule has 152 valence electrons. The van der Waals surface area contributed by atoms with Crippen molar-refractivity contribution in [3.8, 4) is 0 Å². The quantitative estimate of drug-likeness (QED) is 0.337. The fraction of sp³-hybridized carbons (Fsp3) is 0.0500. The van der Waals surface area contributed by atoms with Gasteiger partial charge in [0, 0.05) is 17.8 Å². The number of hydrogen-bond donors (Lipinski definition) is 2. The lowest BCUT2D eigenvalue weighted by Gasteiger charge is -2.10. The van der Waals surface area contributed by atoms with Crippen LogP contribution in [0.5, 0.6) is 0 Å². The van der Waals surface area contributed by atoms with Crippen molar-refractivity contribution < 1.29 is 24.0 Å². The molecule has 0 unspecified atom stereocenters. The Morgan fingerprint density at radius 3 is 2.37 bits per heavy atom. The lowest BCUT2D eigenvalue weighted by atomic mass is 10.1. The number of thiophene rings is 1. The molecule has 2 amide bonds. The van der Waals surface area contributed by atoms with Gasteiger partial charge in [-0.1, -0.05) is 18.2 Å². The van der Waals surface area contributed by atoms with Gasteiger partial charge in [0.1, 0.15) is 0 Å². The molecule has 2 N–H and O–H groups in total. The first-order valence-electron chi connectivity index (χ1n) is 8.59. The van der Waals surface area contributed by atoms with Gasteiger partial charge in [0.05, 0.1) is 21.1 Å². The summed E-state index contributed by atoms with van der Waals surface area (Å²) in [5.74, 6) is -1.76. The van der Waals surface area contributed by atoms with Crippen LogP contribution in [0.2, 0.25) is 0 Å². The minimum absolute atomic E-state index is 0.102. The molecule has 3 rings (SSSR count). The number of nitro groups is 1. The molecule has 9 nitrogen and oxygen atoms in total. The first-order chi connectivity index (χ1) is 14.4. The first-order valence-corrected chi connectivity index (χ1v) is 9.47. The molecule has 30 heavy (non-hydrogen) atoms. The zero-order valence-corrected chi connectivity index (χ0v) is 16.2. The molecule has 0 saturated heterocycles. The van der Waals surface area contributed by atoms with Crippen LogP contribution in [-0.4, -0.2) is 29.3 Å². The van der Waals surface area contributed by atoms with Crippen molar-refractivity contribution in [2.24, 2.45) is 0 Å². The van der Waals surface area contributed by atoms with E-state index in [4.69, 9.17) is 4.74 Å². The van der Waals surface area contributed by atoms with Crippen molar-refractivity contribution >= 4 is 46.2 Å². The third-order valence-corrected chi connectivity index (χ3v) is 4.71. The zero-order valence-electron chi connectivity index (χ0n) is 15.4. The van der Waals surface area contributed by atoms with Gasteiger partial charge >= 0.3 is 5.97 Å². The van der Waals surface area contributed by atoms with Gasteiger partial charge < -0.3 is 15.4 Å². The summed E-state index contributed by atoms with van der Waals surface area (Å²) in [7, 11) is 0. The second-order valence-corrected chi connectivity index (χ2v) is 6.85. The van der Waals surface area contributed by atoms with Gasteiger partial charge in [-0.05, 0) is 35.7 Å². The number of para-hydroxylation sites is 1. The van der Waals surface area contributed by atoms with E-state index in [1.165, 1.54) is 41.7 Å².